The van der Waals surface area contributed by atoms with Crippen molar-refractivity contribution < 1.29 is 8.78 Å². The highest BCUT2D eigenvalue weighted by molar-refractivity contribution is 5.38. The lowest BCUT2D eigenvalue weighted by molar-refractivity contribution is 0.149. The van der Waals surface area contributed by atoms with Crippen LogP contribution in [0.4, 0.5) is 14.6 Å². The van der Waals surface area contributed by atoms with E-state index in [2.05, 4.69) is 10.1 Å². The van der Waals surface area contributed by atoms with Crippen molar-refractivity contribution in [2.75, 3.05) is 5.73 Å². The number of hydrogen-bond donors (Lipinski definition) is 1. The third-order valence-corrected chi connectivity index (χ3v) is 2.80. The van der Waals surface area contributed by atoms with Crippen LogP contribution in [-0.2, 0) is 6.42 Å². The van der Waals surface area contributed by atoms with Crippen molar-refractivity contribution in [2.45, 2.75) is 25.8 Å². The van der Waals surface area contributed by atoms with Crippen LogP contribution in [0.1, 0.15) is 24.1 Å². The maximum atomic E-state index is 12.3. The first-order valence-corrected chi connectivity index (χ1v) is 5.59. The normalized spacial score (nSPS) is 12.9. The average Bonchev–Trinajstić information content (AvgIpc) is 2.70. The van der Waals surface area contributed by atoms with Crippen molar-refractivity contribution in [3.63, 3.8) is 0 Å². The van der Waals surface area contributed by atoms with Gasteiger partial charge in [0.1, 0.15) is 5.82 Å². The summed E-state index contributed by atoms with van der Waals surface area (Å²) >= 11 is 0. The van der Waals surface area contributed by atoms with Crippen LogP contribution in [0.3, 0.4) is 0 Å². The smallest absolute Gasteiger partial charge is 0.242 e. The third kappa shape index (κ3) is 2.64. The van der Waals surface area contributed by atoms with Crippen molar-refractivity contribution in [1.82, 2.24) is 14.8 Å². The van der Waals surface area contributed by atoms with Gasteiger partial charge in [-0.3, -0.25) is 9.67 Å². The Hall–Kier alpha value is -1.98. The second-order valence-corrected chi connectivity index (χ2v) is 4.07. The molecule has 1 unspecified atom stereocenters. The van der Waals surface area contributed by atoms with Crippen LogP contribution in [0.2, 0.25) is 0 Å². The van der Waals surface area contributed by atoms with Gasteiger partial charge in [-0.1, -0.05) is 0 Å². The molecular formula is C12H14F2N4. The van der Waals surface area contributed by atoms with Crippen LogP contribution in [0.5, 0.6) is 0 Å². The molecule has 0 radical (unpaired) electrons. The van der Waals surface area contributed by atoms with Gasteiger partial charge >= 0.3 is 0 Å². The molecule has 1 atom stereocenters. The Labute approximate surface area is 103 Å². The summed E-state index contributed by atoms with van der Waals surface area (Å²) in [6, 6.07) is 3.65. The molecule has 2 aromatic rings. The molecule has 0 bridgehead atoms. The molecule has 0 fully saturated rings. The van der Waals surface area contributed by atoms with Gasteiger partial charge in [-0.05, 0) is 24.6 Å². The zero-order valence-corrected chi connectivity index (χ0v) is 9.92. The van der Waals surface area contributed by atoms with Crippen LogP contribution in [0, 0.1) is 0 Å². The topological polar surface area (TPSA) is 56.7 Å². The summed E-state index contributed by atoms with van der Waals surface area (Å²) in [6.07, 6.45) is 2.15. The summed E-state index contributed by atoms with van der Waals surface area (Å²) < 4.78 is 26.3. The molecule has 96 valence electrons. The van der Waals surface area contributed by atoms with Gasteiger partial charge in [0, 0.05) is 30.6 Å². The van der Waals surface area contributed by atoms with Crippen LogP contribution >= 0.6 is 0 Å². The van der Waals surface area contributed by atoms with E-state index in [9.17, 15) is 8.78 Å². The summed E-state index contributed by atoms with van der Waals surface area (Å²) in [4.78, 5) is 3.93. The van der Waals surface area contributed by atoms with Gasteiger partial charge in [-0.15, -0.1) is 0 Å². The molecule has 2 aromatic heterocycles. The highest BCUT2D eigenvalue weighted by atomic mass is 19.3. The lowest BCUT2D eigenvalue weighted by Gasteiger charge is -2.11. The molecule has 2 rings (SSSR count). The van der Waals surface area contributed by atoms with Crippen LogP contribution in [-0.4, -0.2) is 21.2 Å². The van der Waals surface area contributed by atoms with E-state index >= 15 is 0 Å². The Kier molecular flexibility index (Phi) is 3.55. The van der Waals surface area contributed by atoms with E-state index in [1.165, 1.54) is 0 Å². The van der Waals surface area contributed by atoms with Crippen molar-refractivity contribution in [3.8, 4) is 0 Å². The number of nitrogens with zero attached hydrogens (tertiary/aromatic N) is 3. The van der Waals surface area contributed by atoms with E-state index in [0.717, 1.165) is 5.56 Å². The fourth-order valence-electron chi connectivity index (χ4n) is 1.76. The van der Waals surface area contributed by atoms with Crippen LogP contribution in [0.15, 0.2) is 30.7 Å². The van der Waals surface area contributed by atoms with Gasteiger partial charge in [-0.2, -0.15) is 5.10 Å². The number of pyridine rings is 1. The molecule has 4 nitrogen and oxygen atoms in total. The van der Waals surface area contributed by atoms with Gasteiger partial charge in [0.05, 0.1) is 6.04 Å². The predicted molar refractivity (Wildman–Crippen MR) is 64.4 cm³/mol. The molecule has 2 heterocycles. The van der Waals surface area contributed by atoms with E-state index in [-0.39, 0.29) is 18.3 Å². The first-order valence-electron chi connectivity index (χ1n) is 5.59. The van der Waals surface area contributed by atoms with E-state index in [1.807, 2.05) is 19.1 Å². The highest BCUT2D eigenvalue weighted by Gasteiger charge is 2.15. The second kappa shape index (κ2) is 5.12. The summed E-state index contributed by atoms with van der Waals surface area (Å²) in [5.41, 5.74) is 7.00. The summed E-state index contributed by atoms with van der Waals surface area (Å²) in [7, 11) is 0. The molecule has 0 aliphatic rings. The zero-order valence-electron chi connectivity index (χ0n) is 9.92. The largest absolute Gasteiger partial charge is 0.382 e. The lowest BCUT2D eigenvalue weighted by atomic mass is 10.1. The minimum atomic E-state index is -2.42. The summed E-state index contributed by atoms with van der Waals surface area (Å²) in [5, 5.41) is 4.08. The average molecular weight is 252 g/mol. The van der Waals surface area contributed by atoms with Crippen molar-refractivity contribution in [3.05, 3.63) is 41.9 Å². The minimum Gasteiger partial charge on any atom is -0.382 e. The first kappa shape index (κ1) is 12.5. The van der Waals surface area contributed by atoms with E-state index < -0.39 is 6.43 Å². The fourth-order valence-corrected chi connectivity index (χ4v) is 1.76. The van der Waals surface area contributed by atoms with Crippen molar-refractivity contribution >= 4 is 5.82 Å². The molecule has 0 amide bonds. The number of anilines is 1. The Morgan fingerprint density at radius 3 is 2.61 bits per heavy atom. The Balaban J connectivity index is 2.24. The molecule has 2 N–H and O–H groups in total. The SMILES string of the molecule is CC(c1ccncc1)n1cc(CC(F)F)c(N)n1. The Bertz CT molecular complexity index is 510. The predicted octanol–water partition coefficient (Wildman–Crippen LogP) is 2.28. The minimum absolute atomic E-state index is 0.0678. The molecule has 6 heteroatoms. The third-order valence-electron chi connectivity index (χ3n) is 2.80. The number of alkyl halides is 2. The molecule has 0 aliphatic heterocycles. The maximum Gasteiger partial charge on any atom is 0.242 e. The van der Waals surface area contributed by atoms with Crippen molar-refractivity contribution in [1.29, 1.82) is 0 Å². The number of hydrogen-bond acceptors (Lipinski definition) is 3. The quantitative estimate of drug-likeness (QED) is 0.908. The second-order valence-electron chi connectivity index (χ2n) is 4.07. The number of nitrogen functional groups attached to an aromatic ring is 1. The molecule has 18 heavy (non-hydrogen) atoms. The standard InChI is InChI=1S/C12H14F2N4/c1-8(9-2-4-16-5-3-9)18-7-10(6-11(13)14)12(15)17-18/h2-5,7-8,11H,6H2,1H3,(H2,15,17). The molecule has 0 saturated heterocycles. The first-order chi connectivity index (χ1) is 8.58. The molecule has 0 saturated carbocycles. The Morgan fingerprint density at radius 2 is 2.00 bits per heavy atom. The van der Waals surface area contributed by atoms with Gasteiger partial charge in [-0.25, -0.2) is 8.78 Å². The monoisotopic (exact) mass is 252 g/mol. The maximum absolute atomic E-state index is 12.3. The van der Waals surface area contributed by atoms with Crippen molar-refractivity contribution in [2.24, 2.45) is 0 Å². The number of rotatable bonds is 4. The van der Waals surface area contributed by atoms with Crippen LogP contribution < -0.4 is 5.73 Å². The van der Waals surface area contributed by atoms with E-state index in [1.54, 1.807) is 23.3 Å². The number of nitrogens with two attached hydrogens (primary N) is 1. The highest BCUT2D eigenvalue weighted by Crippen LogP contribution is 2.21. The Morgan fingerprint density at radius 1 is 1.33 bits per heavy atom. The zero-order chi connectivity index (χ0) is 13.1. The van der Waals surface area contributed by atoms with Gasteiger partial charge in [0.25, 0.3) is 0 Å². The van der Waals surface area contributed by atoms with E-state index in [4.69, 9.17) is 5.73 Å². The molecule has 0 aromatic carbocycles. The van der Waals surface area contributed by atoms with Crippen LogP contribution in [0.25, 0.3) is 0 Å². The molecular weight excluding hydrogens is 238 g/mol. The number of halogens is 2. The summed E-state index contributed by atoms with van der Waals surface area (Å²) in [5.74, 6) is 0.163. The molecule has 0 spiro atoms. The molecule has 0 aliphatic carbocycles. The number of aromatic nitrogens is 3. The van der Waals surface area contributed by atoms with E-state index in [0.29, 0.717) is 5.56 Å². The lowest BCUT2D eigenvalue weighted by Crippen LogP contribution is -2.07. The summed E-state index contributed by atoms with van der Waals surface area (Å²) in [6.45, 7) is 1.92. The van der Waals surface area contributed by atoms with Gasteiger partial charge in [0.15, 0.2) is 0 Å². The van der Waals surface area contributed by atoms with Gasteiger partial charge < -0.3 is 5.73 Å². The van der Waals surface area contributed by atoms with Gasteiger partial charge in [0.2, 0.25) is 6.43 Å². The fraction of sp³-hybridized carbons (Fsp3) is 0.333.